The average Bonchev–Trinajstić information content (AvgIpc) is 3.16. The molecule has 0 saturated heterocycles. The van der Waals surface area contributed by atoms with Gasteiger partial charge < -0.3 is 20.5 Å². The van der Waals surface area contributed by atoms with Gasteiger partial charge in [-0.1, -0.05) is 61.9 Å². The van der Waals surface area contributed by atoms with Crippen LogP contribution in [0.3, 0.4) is 0 Å². The highest BCUT2D eigenvalue weighted by molar-refractivity contribution is 5.86. The summed E-state index contributed by atoms with van der Waals surface area (Å²) in [6.45, 7) is 3.88. The zero-order valence-electron chi connectivity index (χ0n) is 19.5. The topological polar surface area (TPSA) is 105 Å². The molecule has 0 aromatic heterocycles. The largest absolute Gasteiger partial charge is 0.481 e. The Morgan fingerprint density at radius 3 is 2.24 bits per heavy atom. The molecule has 0 saturated carbocycles. The summed E-state index contributed by atoms with van der Waals surface area (Å²) in [7, 11) is 0. The summed E-state index contributed by atoms with van der Waals surface area (Å²) >= 11 is 0. The van der Waals surface area contributed by atoms with Gasteiger partial charge in [0.1, 0.15) is 12.6 Å². The third kappa shape index (κ3) is 6.16. The average molecular weight is 463 g/mol. The predicted molar refractivity (Wildman–Crippen MR) is 129 cm³/mol. The number of ether oxygens (including phenoxy) is 1. The van der Waals surface area contributed by atoms with E-state index in [0.29, 0.717) is 6.42 Å². The first kappa shape index (κ1) is 24.8. The van der Waals surface area contributed by atoms with Crippen LogP contribution in [-0.4, -0.2) is 42.3 Å². The molecule has 0 bridgehead atoms. The molecule has 0 radical (unpaired) electrons. The Hall–Kier alpha value is -3.79. The highest BCUT2D eigenvalue weighted by atomic mass is 16.5. The number of amides is 2. The van der Waals surface area contributed by atoms with Gasteiger partial charge in [-0.05, 0) is 35.1 Å². The van der Waals surface area contributed by atoms with E-state index < -0.39 is 24.0 Å². The van der Waals surface area contributed by atoms with E-state index in [-0.39, 0.29) is 37.8 Å². The van der Waals surface area contributed by atoms with Crippen LogP contribution in [0.1, 0.15) is 50.2 Å². The zero-order chi connectivity index (χ0) is 24.5. The first-order valence-electron chi connectivity index (χ1n) is 11.4. The summed E-state index contributed by atoms with van der Waals surface area (Å²) in [4.78, 5) is 36.2. The Morgan fingerprint density at radius 2 is 1.68 bits per heavy atom. The second-order valence-corrected chi connectivity index (χ2v) is 8.27. The summed E-state index contributed by atoms with van der Waals surface area (Å²) in [5.41, 5.74) is 4.47. The Kier molecular flexibility index (Phi) is 8.69. The molecule has 0 fully saturated rings. The molecule has 1 aliphatic rings. The fourth-order valence-corrected chi connectivity index (χ4v) is 4.17. The molecule has 7 heteroatoms. The summed E-state index contributed by atoms with van der Waals surface area (Å²) in [5, 5.41) is 14.3. The second kappa shape index (κ2) is 11.9. The number of benzene rings is 2. The number of carboxylic acids is 1. The van der Waals surface area contributed by atoms with Gasteiger partial charge in [0.25, 0.3) is 0 Å². The molecule has 0 heterocycles. The van der Waals surface area contributed by atoms with E-state index >= 15 is 0 Å². The molecule has 34 heavy (non-hydrogen) atoms. The van der Waals surface area contributed by atoms with Crippen LogP contribution < -0.4 is 10.6 Å². The van der Waals surface area contributed by atoms with Crippen molar-refractivity contribution in [3.63, 3.8) is 0 Å². The smallest absolute Gasteiger partial charge is 0.407 e. The summed E-state index contributed by atoms with van der Waals surface area (Å²) in [6, 6.07) is 15.2. The van der Waals surface area contributed by atoms with Gasteiger partial charge >= 0.3 is 12.1 Å². The van der Waals surface area contributed by atoms with Crippen LogP contribution in [0.25, 0.3) is 11.1 Å². The van der Waals surface area contributed by atoms with Crippen LogP contribution in [0.15, 0.2) is 48.5 Å². The van der Waals surface area contributed by atoms with Crippen LogP contribution >= 0.6 is 0 Å². The van der Waals surface area contributed by atoms with E-state index in [9.17, 15) is 14.4 Å². The van der Waals surface area contributed by atoms with E-state index in [4.69, 9.17) is 9.84 Å². The molecule has 2 amide bonds. The summed E-state index contributed by atoms with van der Waals surface area (Å²) in [6.07, 6.45) is 0.0156. The van der Waals surface area contributed by atoms with Crippen molar-refractivity contribution in [2.75, 3.05) is 13.2 Å². The molecule has 0 spiro atoms. The third-order valence-electron chi connectivity index (χ3n) is 6.04. The standard InChI is InChI=1S/C27H30N2O5/c1-3-5-14-24(26(32)28-16-18(4-2)15-25(30)31)29-27(33)34-17-23-21-12-8-6-10-19(21)20-11-7-9-13-22(20)23/h6-13,18,23-24H,4,14-17H2,1-2H3,(H,28,32)(H,29,33)(H,30,31). The Labute approximate surface area is 199 Å². The minimum Gasteiger partial charge on any atom is -0.481 e. The summed E-state index contributed by atoms with van der Waals surface area (Å²) in [5.74, 6) is 3.95. The Bertz CT molecular complexity index is 1060. The maximum absolute atomic E-state index is 12.7. The van der Waals surface area contributed by atoms with Gasteiger partial charge in [0.2, 0.25) is 5.91 Å². The quantitative estimate of drug-likeness (QED) is 0.464. The lowest BCUT2D eigenvalue weighted by molar-refractivity contribution is -0.138. The fraction of sp³-hybridized carbons (Fsp3) is 0.370. The minimum absolute atomic E-state index is 0.0317. The van der Waals surface area contributed by atoms with E-state index in [0.717, 1.165) is 22.3 Å². The van der Waals surface area contributed by atoms with Crippen LogP contribution in [0, 0.1) is 17.8 Å². The van der Waals surface area contributed by atoms with E-state index in [1.807, 2.05) is 43.3 Å². The molecular weight excluding hydrogens is 432 g/mol. The molecule has 7 nitrogen and oxygen atoms in total. The monoisotopic (exact) mass is 462 g/mol. The minimum atomic E-state index is -0.911. The SMILES string of the molecule is CC#CCC(NC(=O)OCC1c2ccccc2-c2ccccc21)C(=O)NCC(CC)CC(=O)O. The lowest BCUT2D eigenvalue weighted by Crippen LogP contribution is -2.48. The highest BCUT2D eigenvalue weighted by Crippen LogP contribution is 2.44. The maximum Gasteiger partial charge on any atom is 0.407 e. The summed E-state index contributed by atoms with van der Waals surface area (Å²) < 4.78 is 5.54. The molecule has 3 N–H and O–H groups in total. The number of hydrogen-bond donors (Lipinski definition) is 3. The van der Waals surface area contributed by atoms with Gasteiger partial charge in [0, 0.05) is 25.3 Å². The number of nitrogens with one attached hydrogen (secondary N) is 2. The predicted octanol–water partition coefficient (Wildman–Crippen LogP) is 3.92. The van der Waals surface area contributed by atoms with Crippen molar-refractivity contribution >= 4 is 18.0 Å². The van der Waals surface area contributed by atoms with Crippen molar-refractivity contribution in [2.24, 2.45) is 5.92 Å². The number of hydrogen-bond acceptors (Lipinski definition) is 4. The number of fused-ring (bicyclic) bond motifs is 3. The van der Waals surface area contributed by atoms with E-state index in [1.54, 1.807) is 6.92 Å². The second-order valence-electron chi connectivity index (χ2n) is 8.27. The van der Waals surface area contributed by atoms with Crippen LogP contribution in [0.2, 0.25) is 0 Å². The molecule has 1 aliphatic carbocycles. The number of rotatable bonds is 10. The number of carbonyl (C=O) groups excluding carboxylic acids is 2. The van der Waals surface area contributed by atoms with Crippen molar-refractivity contribution in [3.8, 4) is 23.0 Å². The molecule has 2 atom stereocenters. The Balaban J connectivity index is 1.61. The molecule has 2 aromatic rings. The normalized spacial score (nSPS) is 13.5. The zero-order valence-corrected chi connectivity index (χ0v) is 19.5. The van der Waals surface area contributed by atoms with E-state index in [2.05, 4.69) is 34.6 Å². The first-order chi connectivity index (χ1) is 16.4. The van der Waals surface area contributed by atoms with Crippen molar-refractivity contribution in [1.82, 2.24) is 10.6 Å². The van der Waals surface area contributed by atoms with Gasteiger partial charge in [-0.3, -0.25) is 9.59 Å². The van der Waals surface area contributed by atoms with Crippen LogP contribution in [-0.2, 0) is 14.3 Å². The van der Waals surface area contributed by atoms with Crippen molar-refractivity contribution in [1.29, 1.82) is 0 Å². The van der Waals surface area contributed by atoms with Crippen molar-refractivity contribution in [2.45, 2.75) is 45.1 Å². The first-order valence-corrected chi connectivity index (χ1v) is 11.4. The molecule has 3 rings (SSSR count). The fourth-order valence-electron chi connectivity index (χ4n) is 4.17. The maximum atomic E-state index is 12.7. The van der Waals surface area contributed by atoms with Crippen LogP contribution in [0.5, 0.6) is 0 Å². The van der Waals surface area contributed by atoms with Gasteiger partial charge in [-0.25, -0.2) is 4.79 Å². The highest BCUT2D eigenvalue weighted by Gasteiger charge is 2.29. The lowest BCUT2D eigenvalue weighted by atomic mass is 9.98. The molecular formula is C27H30N2O5. The lowest BCUT2D eigenvalue weighted by Gasteiger charge is -2.20. The number of alkyl carbamates (subject to hydrolysis) is 1. The molecule has 178 valence electrons. The van der Waals surface area contributed by atoms with Crippen LogP contribution in [0.4, 0.5) is 4.79 Å². The van der Waals surface area contributed by atoms with E-state index in [1.165, 1.54) is 0 Å². The molecule has 2 unspecified atom stereocenters. The number of carbonyl (C=O) groups is 3. The van der Waals surface area contributed by atoms with Crippen molar-refractivity contribution in [3.05, 3.63) is 59.7 Å². The van der Waals surface area contributed by atoms with Crippen molar-refractivity contribution < 1.29 is 24.2 Å². The van der Waals surface area contributed by atoms with Gasteiger partial charge in [-0.2, -0.15) is 0 Å². The Morgan fingerprint density at radius 1 is 1.06 bits per heavy atom. The van der Waals surface area contributed by atoms with Gasteiger partial charge in [0.05, 0.1) is 0 Å². The number of aliphatic carboxylic acids is 1. The van der Waals surface area contributed by atoms with Gasteiger partial charge in [-0.15, -0.1) is 11.8 Å². The molecule has 0 aliphatic heterocycles. The third-order valence-corrected chi connectivity index (χ3v) is 6.04. The van der Waals surface area contributed by atoms with Gasteiger partial charge in [0.15, 0.2) is 0 Å². The molecule has 2 aromatic carbocycles. The number of carboxylic acid groups (broad SMARTS) is 1.